The summed E-state index contributed by atoms with van der Waals surface area (Å²) in [6, 6.07) is 0.153. The van der Waals surface area contributed by atoms with Gasteiger partial charge in [-0.3, -0.25) is 9.00 Å². The molecule has 0 radical (unpaired) electrons. The molecule has 0 aromatic heterocycles. The van der Waals surface area contributed by atoms with E-state index in [1.165, 1.54) is 0 Å². The zero-order valence-corrected chi connectivity index (χ0v) is 10.6. The molecule has 0 saturated heterocycles. The number of nitrogens with two attached hydrogens (primary N) is 1. The van der Waals surface area contributed by atoms with Crippen LogP contribution < -0.4 is 11.1 Å². The fourth-order valence-corrected chi connectivity index (χ4v) is 2.17. The third-order valence-electron chi connectivity index (χ3n) is 2.19. The van der Waals surface area contributed by atoms with E-state index >= 15 is 0 Å². The number of carbonyl (C=O) groups is 1. The molecule has 0 aromatic rings. The van der Waals surface area contributed by atoms with E-state index in [-0.39, 0.29) is 11.9 Å². The summed E-state index contributed by atoms with van der Waals surface area (Å²) in [4.78, 5) is 11.6. The van der Waals surface area contributed by atoms with Crippen LogP contribution in [0.2, 0.25) is 0 Å². The molecule has 15 heavy (non-hydrogen) atoms. The molecule has 0 saturated carbocycles. The summed E-state index contributed by atoms with van der Waals surface area (Å²) in [5, 5.41) is 2.38. The highest BCUT2D eigenvalue weighted by molar-refractivity contribution is 7.86. The van der Waals surface area contributed by atoms with E-state index in [1.807, 2.05) is 6.92 Å². The van der Waals surface area contributed by atoms with Crippen LogP contribution in [-0.2, 0) is 15.6 Å². The second kappa shape index (κ2) is 7.82. The van der Waals surface area contributed by atoms with E-state index in [9.17, 15) is 9.00 Å². The molecule has 3 atom stereocenters. The third kappa shape index (κ3) is 5.89. The summed E-state index contributed by atoms with van der Waals surface area (Å²) in [5.41, 5.74) is 5.29. The van der Waals surface area contributed by atoms with Gasteiger partial charge in [-0.15, -0.1) is 0 Å². The molecule has 0 aliphatic rings. The minimum absolute atomic E-state index is 0.136. The molecule has 0 aliphatic heterocycles. The zero-order chi connectivity index (χ0) is 11.8. The van der Waals surface area contributed by atoms with E-state index in [0.717, 1.165) is 12.8 Å². The topological polar surface area (TPSA) is 72.2 Å². The maximum absolute atomic E-state index is 11.6. The Balaban J connectivity index is 4.03. The summed E-state index contributed by atoms with van der Waals surface area (Å²) in [6.45, 7) is 6.06. The van der Waals surface area contributed by atoms with Crippen molar-refractivity contribution in [1.29, 1.82) is 0 Å². The molecule has 90 valence electrons. The van der Waals surface area contributed by atoms with Gasteiger partial charge in [-0.05, 0) is 20.3 Å². The lowest BCUT2D eigenvalue weighted by Gasteiger charge is -2.16. The van der Waals surface area contributed by atoms with Crippen LogP contribution in [0, 0.1) is 0 Å². The number of nitrogens with one attached hydrogen (secondary N) is 1. The summed E-state index contributed by atoms with van der Waals surface area (Å²) >= 11 is 0. The van der Waals surface area contributed by atoms with Crippen molar-refractivity contribution in [3.63, 3.8) is 0 Å². The van der Waals surface area contributed by atoms with Crippen molar-refractivity contribution in [2.24, 2.45) is 5.73 Å². The van der Waals surface area contributed by atoms with Crippen molar-refractivity contribution in [2.45, 2.75) is 44.9 Å². The van der Waals surface area contributed by atoms with Gasteiger partial charge in [0.1, 0.15) is 5.25 Å². The molecule has 0 rings (SSSR count). The summed E-state index contributed by atoms with van der Waals surface area (Å²) in [6.07, 6.45) is 1.98. The van der Waals surface area contributed by atoms with E-state index < -0.39 is 16.0 Å². The van der Waals surface area contributed by atoms with E-state index in [4.69, 9.17) is 5.73 Å². The maximum atomic E-state index is 11.6. The lowest BCUT2D eigenvalue weighted by atomic mass is 10.2. The minimum Gasteiger partial charge on any atom is -0.353 e. The Kier molecular flexibility index (Phi) is 7.60. The molecule has 0 spiro atoms. The average molecular weight is 234 g/mol. The maximum Gasteiger partial charge on any atom is 0.235 e. The summed E-state index contributed by atoms with van der Waals surface area (Å²) in [7, 11) is -1.15. The SMILES string of the molecule is CCCC(C)NC(=O)C(C)S(=O)CCN. The van der Waals surface area contributed by atoms with Gasteiger partial charge >= 0.3 is 0 Å². The number of amides is 1. The number of hydrogen-bond acceptors (Lipinski definition) is 3. The first-order valence-electron chi connectivity index (χ1n) is 5.40. The largest absolute Gasteiger partial charge is 0.353 e. The van der Waals surface area contributed by atoms with Gasteiger partial charge in [0.15, 0.2) is 0 Å². The lowest BCUT2D eigenvalue weighted by Crippen LogP contribution is -2.41. The van der Waals surface area contributed by atoms with Crippen LogP contribution in [0.25, 0.3) is 0 Å². The molecule has 0 heterocycles. The Bertz CT molecular complexity index is 221. The van der Waals surface area contributed by atoms with Crippen LogP contribution in [-0.4, -0.2) is 33.7 Å². The Morgan fingerprint density at radius 1 is 1.47 bits per heavy atom. The Hall–Kier alpha value is -0.420. The highest BCUT2D eigenvalue weighted by Gasteiger charge is 2.20. The van der Waals surface area contributed by atoms with Gasteiger partial charge in [0, 0.05) is 29.1 Å². The van der Waals surface area contributed by atoms with Gasteiger partial charge in [0.05, 0.1) is 0 Å². The first kappa shape index (κ1) is 14.6. The minimum atomic E-state index is -1.15. The van der Waals surface area contributed by atoms with Crippen LogP contribution in [0.4, 0.5) is 0 Å². The van der Waals surface area contributed by atoms with Crippen molar-refractivity contribution in [3.05, 3.63) is 0 Å². The van der Waals surface area contributed by atoms with E-state index in [1.54, 1.807) is 6.92 Å². The van der Waals surface area contributed by atoms with Crippen molar-refractivity contribution < 1.29 is 9.00 Å². The van der Waals surface area contributed by atoms with Gasteiger partial charge in [0.25, 0.3) is 0 Å². The van der Waals surface area contributed by atoms with Gasteiger partial charge in [0.2, 0.25) is 5.91 Å². The molecule has 0 aliphatic carbocycles. The second-order valence-corrected chi connectivity index (χ2v) is 5.59. The van der Waals surface area contributed by atoms with Crippen LogP contribution >= 0.6 is 0 Å². The monoisotopic (exact) mass is 234 g/mol. The zero-order valence-electron chi connectivity index (χ0n) is 9.79. The van der Waals surface area contributed by atoms with Crippen LogP contribution in [0.15, 0.2) is 0 Å². The fraction of sp³-hybridized carbons (Fsp3) is 0.900. The highest BCUT2D eigenvalue weighted by Crippen LogP contribution is 2.00. The number of rotatable bonds is 7. The molecular formula is C10H22N2O2S. The van der Waals surface area contributed by atoms with Crippen molar-refractivity contribution in [3.8, 4) is 0 Å². The van der Waals surface area contributed by atoms with Crippen LogP contribution in [0.1, 0.15) is 33.6 Å². The van der Waals surface area contributed by atoms with Gasteiger partial charge in [-0.1, -0.05) is 13.3 Å². The molecule has 1 amide bonds. The molecule has 3 N–H and O–H groups in total. The summed E-state index contributed by atoms with van der Waals surface area (Å²) < 4.78 is 11.5. The van der Waals surface area contributed by atoms with E-state index in [0.29, 0.717) is 12.3 Å². The highest BCUT2D eigenvalue weighted by atomic mass is 32.2. The first-order chi connectivity index (χ1) is 7.02. The van der Waals surface area contributed by atoms with E-state index in [2.05, 4.69) is 12.2 Å². The molecule has 0 aromatic carbocycles. The lowest BCUT2D eigenvalue weighted by molar-refractivity contribution is -0.121. The van der Waals surface area contributed by atoms with Crippen molar-refractivity contribution >= 4 is 16.7 Å². The van der Waals surface area contributed by atoms with Gasteiger partial charge in [-0.2, -0.15) is 0 Å². The number of carbonyl (C=O) groups excluding carboxylic acids is 1. The Labute approximate surface area is 94.4 Å². The Morgan fingerprint density at radius 3 is 2.53 bits per heavy atom. The van der Waals surface area contributed by atoms with Crippen LogP contribution in [0.5, 0.6) is 0 Å². The molecule has 3 unspecified atom stereocenters. The van der Waals surface area contributed by atoms with Crippen molar-refractivity contribution in [1.82, 2.24) is 5.32 Å². The predicted molar refractivity (Wildman–Crippen MR) is 64.0 cm³/mol. The standard InChI is InChI=1S/C10H22N2O2S/c1-4-5-8(2)12-10(13)9(3)15(14)7-6-11/h8-9H,4-7,11H2,1-3H3,(H,12,13). The normalized spacial score (nSPS) is 16.8. The van der Waals surface area contributed by atoms with Gasteiger partial charge < -0.3 is 11.1 Å². The second-order valence-electron chi connectivity index (χ2n) is 3.71. The fourth-order valence-electron chi connectivity index (χ4n) is 1.28. The quantitative estimate of drug-likeness (QED) is 0.669. The number of hydrogen-bond donors (Lipinski definition) is 2. The molecule has 5 heteroatoms. The predicted octanol–water partition coefficient (Wildman–Crippen LogP) is 0.387. The molecule has 0 fully saturated rings. The van der Waals surface area contributed by atoms with Crippen molar-refractivity contribution in [2.75, 3.05) is 12.3 Å². The molecular weight excluding hydrogens is 212 g/mol. The molecule has 4 nitrogen and oxygen atoms in total. The average Bonchev–Trinajstić information content (AvgIpc) is 2.17. The molecule has 0 bridgehead atoms. The third-order valence-corrected chi connectivity index (χ3v) is 3.83. The smallest absolute Gasteiger partial charge is 0.235 e. The van der Waals surface area contributed by atoms with Gasteiger partial charge in [-0.25, -0.2) is 0 Å². The summed E-state index contributed by atoms with van der Waals surface area (Å²) in [5.74, 6) is 0.249. The van der Waals surface area contributed by atoms with Crippen LogP contribution in [0.3, 0.4) is 0 Å². The Morgan fingerprint density at radius 2 is 2.07 bits per heavy atom. The first-order valence-corrected chi connectivity index (χ1v) is 6.78.